The number of anilines is 1. The van der Waals surface area contributed by atoms with E-state index in [-0.39, 0.29) is 5.82 Å². The number of H-pyrrole nitrogens is 1. The maximum absolute atomic E-state index is 13.1. The summed E-state index contributed by atoms with van der Waals surface area (Å²) in [5.74, 6) is 0.444. The van der Waals surface area contributed by atoms with E-state index in [1.165, 1.54) is 6.07 Å². The summed E-state index contributed by atoms with van der Waals surface area (Å²) in [6.45, 7) is 0.431. The number of hydrogen-bond acceptors (Lipinski definition) is 2. The Bertz CT molecular complexity index is 398. The highest BCUT2D eigenvalue weighted by atomic mass is 19.1. The average Bonchev–Trinajstić information content (AvgIpc) is 2.69. The van der Waals surface area contributed by atoms with Crippen molar-refractivity contribution in [3.8, 4) is 0 Å². The minimum atomic E-state index is -0.202. The quantitative estimate of drug-likeness (QED) is 0.780. The molecule has 0 bridgehead atoms. The summed E-state index contributed by atoms with van der Waals surface area (Å²) >= 11 is 0. The van der Waals surface area contributed by atoms with Crippen LogP contribution in [0, 0.1) is 5.82 Å². The second kappa shape index (κ2) is 3.91. The summed E-state index contributed by atoms with van der Waals surface area (Å²) in [5.41, 5.74) is 0.629. The molecule has 0 saturated heterocycles. The zero-order valence-electron chi connectivity index (χ0n) is 7.50. The third-order valence-electron chi connectivity index (χ3n) is 1.90. The monoisotopic (exact) mass is 191 g/mol. The Morgan fingerprint density at radius 2 is 2.21 bits per heavy atom. The van der Waals surface area contributed by atoms with Crippen molar-refractivity contribution in [3.05, 3.63) is 48.0 Å². The predicted molar refractivity (Wildman–Crippen MR) is 52.3 cm³/mol. The van der Waals surface area contributed by atoms with E-state index in [4.69, 9.17) is 0 Å². The lowest BCUT2D eigenvalue weighted by atomic mass is 10.2. The Morgan fingerprint density at radius 3 is 2.93 bits per heavy atom. The normalized spacial score (nSPS) is 10.1. The molecule has 1 heterocycles. The van der Waals surface area contributed by atoms with E-state index in [9.17, 15) is 4.39 Å². The molecule has 0 atom stereocenters. The van der Waals surface area contributed by atoms with Gasteiger partial charge in [-0.05, 0) is 6.07 Å². The first-order chi connectivity index (χ1) is 6.86. The van der Waals surface area contributed by atoms with Crippen LogP contribution in [0.15, 0.2) is 36.7 Å². The molecule has 2 N–H and O–H groups in total. The number of benzene rings is 1. The van der Waals surface area contributed by atoms with Gasteiger partial charge in [0.05, 0.1) is 0 Å². The van der Waals surface area contributed by atoms with E-state index in [1.807, 2.05) is 6.07 Å². The SMILES string of the molecule is Fc1ccccc1CNc1ncc[nH]1. The van der Waals surface area contributed by atoms with Crippen molar-refractivity contribution in [2.24, 2.45) is 0 Å². The molecule has 1 aromatic heterocycles. The van der Waals surface area contributed by atoms with Gasteiger partial charge in [-0.3, -0.25) is 0 Å². The van der Waals surface area contributed by atoms with Gasteiger partial charge in [0.1, 0.15) is 5.82 Å². The number of nitrogens with one attached hydrogen (secondary N) is 2. The van der Waals surface area contributed by atoms with Gasteiger partial charge in [0, 0.05) is 24.5 Å². The lowest BCUT2D eigenvalue weighted by Crippen LogP contribution is -2.02. The third kappa shape index (κ3) is 1.90. The Hall–Kier alpha value is -1.84. The lowest BCUT2D eigenvalue weighted by molar-refractivity contribution is 0.613. The van der Waals surface area contributed by atoms with Crippen LogP contribution in [0.1, 0.15) is 5.56 Å². The average molecular weight is 191 g/mol. The number of hydrogen-bond donors (Lipinski definition) is 2. The second-order valence-corrected chi connectivity index (χ2v) is 2.88. The van der Waals surface area contributed by atoms with Crippen LogP contribution in [0.5, 0.6) is 0 Å². The molecule has 4 heteroatoms. The van der Waals surface area contributed by atoms with Crippen LogP contribution in [-0.4, -0.2) is 9.97 Å². The van der Waals surface area contributed by atoms with Gasteiger partial charge in [-0.15, -0.1) is 0 Å². The van der Waals surface area contributed by atoms with E-state index < -0.39 is 0 Å². The highest BCUT2D eigenvalue weighted by molar-refractivity contribution is 5.27. The van der Waals surface area contributed by atoms with Crippen molar-refractivity contribution in [3.63, 3.8) is 0 Å². The first-order valence-electron chi connectivity index (χ1n) is 4.33. The van der Waals surface area contributed by atoms with E-state index in [0.29, 0.717) is 18.1 Å². The predicted octanol–water partition coefficient (Wildman–Crippen LogP) is 2.16. The van der Waals surface area contributed by atoms with Crippen molar-refractivity contribution in [1.29, 1.82) is 0 Å². The van der Waals surface area contributed by atoms with E-state index in [0.717, 1.165) is 0 Å². The summed E-state index contributed by atoms with van der Waals surface area (Å²) in [4.78, 5) is 6.85. The molecule has 14 heavy (non-hydrogen) atoms. The molecule has 2 aromatic rings. The highest BCUT2D eigenvalue weighted by Gasteiger charge is 2.00. The number of nitrogens with zero attached hydrogens (tertiary/aromatic N) is 1. The molecule has 0 fully saturated rings. The van der Waals surface area contributed by atoms with Crippen LogP contribution in [0.4, 0.5) is 10.3 Å². The van der Waals surface area contributed by atoms with E-state index in [1.54, 1.807) is 24.5 Å². The van der Waals surface area contributed by atoms with Crippen molar-refractivity contribution >= 4 is 5.95 Å². The van der Waals surface area contributed by atoms with Gasteiger partial charge < -0.3 is 10.3 Å². The molecule has 1 aromatic carbocycles. The number of halogens is 1. The smallest absolute Gasteiger partial charge is 0.200 e. The Balaban J connectivity index is 2.02. The fraction of sp³-hybridized carbons (Fsp3) is 0.100. The van der Waals surface area contributed by atoms with Crippen LogP contribution in [-0.2, 0) is 6.54 Å². The molecule has 0 saturated carbocycles. The van der Waals surface area contributed by atoms with Crippen molar-refractivity contribution in [2.45, 2.75) is 6.54 Å². The molecule has 72 valence electrons. The van der Waals surface area contributed by atoms with E-state index in [2.05, 4.69) is 15.3 Å². The zero-order valence-corrected chi connectivity index (χ0v) is 7.50. The minimum Gasteiger partial charge on any atom is -0.352 e. The maximum atomic E-state index is 13.1. The maximum Gasteiger partial charge on any atom is 0.200 e. The molecule has 0 aliphatic heterocycles. The molecule has 3 nitrogen and oxygen atoms in total. The molecule has 0 radical (unpaired) electrons. The third-order valence-corrected chi connectivity index (χ3v) is 1.90. The molecule has 0 unspecified atom stereocenters. The first kappa shape index (κ1) is 8.74. The van der Waals surface area contributed by atoms with Gasteiger partial charge in [-0.25, -0.2) is 9.37 Å². The zero-order chi connectivity index (χ0) is 9.80. The van der Waals surface area contributed by atoms with Crippen LogP contribution in [0.25, 0.3) is 0 Å². The van der Waals surface area contributed by atoms with Crippen LogP contribution in [0.3, 0.4) is 0 Å². The van der Waals surface area contributed by atoms with Crippen LogP contribution in [0.2, 0.25) is 0 Å². The summed E-state index contributed by atoms with van der Waals surface area (Å²) in [7, 11) is 0. The first-order valence-corrected chi connectivity index (χ1v) is 4.33. The molecule has 2 rings (SSSR count). The van der Waals surface area contributed by atoms with Crippen molar-refractivity contribution in [1.82, 2.24) is 9.97 Å². The lowest BCUT2D eigenvalue weighted by Gasteiger charge is -2.03. The Kier molecular flexibility index (Phi) is 2.44. The minimum absolute atomic E-state index is 0.202. The topological polar surface area (TPSA) is 40.7 Å². The molecule has 0 aliphatic carbocycles. The Labute approximate surface area is 81.0 Å². The van der Waals surface area contributed by atoms with Gasteiger partial charge in [0.2, 0.25) is 0 Å². The number of imidazole rings is 1. The fourth-order valence-corrected chi connectivity index (χ4v) is 1.18. The van der Waals surface area contributed by atoms with Gasteiger partial charge in [-0.2, -0.15) is 0 Å². The van der Waals surface area contributed by atoms with Crippen LogP contribution < -0.4 is 5.32 Å². The van der Waals surface area contributed by atoms with E-state index >= 15 is 0 Å². The summed E-state index contributed by atoms with van der Waals surface area (Å²) in [5, 5.41) is 2.98. The van der Waals surface area contributed by atoms with Gasteiger partial charge in [0.25, 0.3) is 0 Å². The number of aromatic amines is 1. The standard InChI is InChI=1S/C10H10FN3/c11-9-4-2-1-3-8(9)7-14-10-12-5-6-13-10/h1-6H,7H2,(H2,12,13,14). The summed E-state index contributed by atoms with van der Waals surface area (Å²) in [6, 6.07) is 6.67. The molecular weight excluding hydrogens is 181 g/mol. The van der Waals surface area contributed by atoms with Gasteiger partial charge >= 0.3 is 0 Å². The van der Waals surface area contributed by atoms with Gasteiger partial charge in [0.15, 0.2) is 5.95 Å². The molecule has 0 spiro atoms. The van der Waals surface area contributed by atoms with Gasteiger partial charge in [-0.1, -0.05) is 18.2 Å². The molecular formula is C10H10FN3. The molecule has 0 aliphatic rings. The second-order valence-electron chi connectivity index (χ2n) is 2.88. The molecule has 0 amide bonds. The highest BCUT2D eigenvalue weighted by Crippen LogP contribution is 2.07. The number of aromatic nitrogens is 2. The largest absolute Gasteiger partial charge is 0.352 e. The fourth-order valence-electron chi connectivity index (χ4n) is 1.18. The van der Waals surface area contributed by atoms with Crippen LogP contribution >= 0.6 is 0 Å². The van der Waals surface area contributed by atoms with Crippen molar-refractivity contribution in [2.75, 3.05) is 5.32 Å². The Morgan fingerprint density at radius 1 is 1.36 bits per heavy atom. The summed E-state index contributed by atoms with van der Waals surface area (Å²) in [6.07, 6.45) is 3.35. The summed E-state index contributed by atoms with van der Waals surface area (Å²) < 4.78 is 13.1. The number of rotatable bonds is 3. The van der Waals surface area contributed by atoms with Crippen molar-refractivity contribution < 1.29 is 4.39 Å².